The summed E-state index contributed by atoms with van der Waals surface area (Å²) in [5.74, 6) is 0.223. The lowest BCUT2D eigenvalue weighted by atomic mass is 9.54. The van der Waals surface area contributed by atoms with Crippen molar-refractivity contribution in [2.75, 3.05) is 31.3 Å². The number of aromatic nitrogens is 3. The van der Waals surface area contributed by atoms with Crippen LogP contribution in [0.5, 0.6) is 0 Å². The number of amides is 2. The highest BCUT2D eigenvalue weighted by Gasteiger charge is 2.58. The van der Waals surface area contributed by atoms with Crippen LogP contribution >= 0.6 is 11.6 Å². The molecule has 3 aliphatic rings. The zero-order chi connectivity index (χ0) is 29.3. The third-order valence-electron chi connectivity index (χ3n) is 8.16. The van der Waals surface area contributed by atoms with E-state index in [1.807, 2.05) is 49.5 Å². The van der Waals surface area contributed by atoms with E-state index in [1.165, 1.54) is 6.08 Å². The minimum absolute atomic E-state index is 0.112. The Morgan fingerprint density at radius 3 is 2.62 bits per heavy atom. The Morgan fingerprint density at radius 1 is 1.07 bits per heavy atom. The van der Waals surface area contributed by atoms with Crippen LogP contribution in [0.25, 0.3) is 22.2 Å². The third-order valence-corrected chi connectivity index (χ3v) is 8.44. The predicted octanol–water partition coefficient (Wildman–Crippen LogP) is 5.63. The van der Waals surface area contributed by atoms with Gasteiger partial charge in [0.2, 0.25) is 11.9 Å². The van der Waals surface area contributed by atoms with Crippen LogP contribution in [0.1, 0.15) is 42.5 Å². The first-order chi connectivity index (χ1) is 20.2. The molecule has 0 unspecified atom stereocenters. The van der Waals surface area contributed by atoms with E-state index in [2.05, 4.69) is 25.9 Å². The quantitative estimate of drug-likeness (QED) is 0.190. The lowest BCUT2D eigenvalue weighted by Gasteiger charge is -2.60. The molecule has 2 aromatic heterocycles. The molecule has 2 amide bonds. The van der Waals surface area contributed by atoms with Crippen LogP contribution in [0.4, 0.5) is 11.6 Å². The maximum absolute atomic E-state index is 13.2. The minimum Gasteiger partial charge on any atom is -0.360 e. The first kappa shape index (κ1) is 27.9. The van der Waals surface area contributed by atoms with Crippen molar-refractivity contribution in [1.82, 2.24) is 25.2 Å². The monoisotopic (exact) mass is 583 g/mol. The predicted molar refractivity (Wildman–Crippen MR) is 167 cm³/mol. The van der Waals surface area contributed by atoms with Crippen LogP contribution < -0.4 is 16.0 Å². The summed E-state index contributed by atoms with van der Waals surface area (Å²) in [6.07, 6.45) is 11.4. The van der Waals surface area contributed by atoms with E-state index in [1.54, 1.807) is 36.5 Å². The average molecular weight is 584 g/mol. The molecule has 0 radical (unpaired) electrons. The van der Waals surface area contributed by atoms with Crippen molar-refractivity contribution < 1.29 is 9.59 Å². The summed E-state index contributed by atoms with van der Waals surface area (Å²) >= 11 is 6.54. The van der Waals surface area contributed by atoms with Gasteiger partial charge in [-0.1, -0.05) is 35.9 Å². The maximum atomic E-state index is 13.2. The first-order valence-corrected chi connectivity index (χ1v) is 14.5. The highest BCUT2D eigenvalue weighted by Crippen LogP contribution is 2.53. The summed E-state index contributed by atoms with van der Waals surface area (Å²) in [6.45, 7) is 0.684. The van der Waals surface area contributed by atoms with Gasteiger partial charge in [0, 0.05) is 57.6 Å². The molecule has 42 heavy (non-hydrogen) atoms. The Balaban J connectivity index is 1.09. The fourth-order valence-electron chi connectivity index (χ4n) is 6.36. The van der Waals surface area contributed by atoms with Crippen molar-refractivity contribution in [1.29, 1.82) is 0 Å². The van der Waals surface area contributed by atoms with Gasteiger partial charge in [-0.2, -0.15) is 0 Å². The average Bonchev–Trinajstić information content (AvgIpc) is 3.38. The molecule has 3 saturated carbocycles. The van der Waals surface area contributed by atoms with Crippen LogP contribution in [-0.2, 0) is 4.79 Å². The number of nitrogens with one attached hydrogen (secondary N) is 4. The SMILES string of the molecule is CN(C)C/C=C/C(=O)Nc1ccc(C(=O)NC23CCCC(Nc4ncc(Cl)c(-c5c[nH]c6ccccc56)n4)(C2)C3)cc1. The van der Waals surface area contributed by atoms with Gasteiger partial charge < -0.3 is 25.8 Å². The number of halogens is 1. The van der Waals surface area contributed by atoms with Crippen LogP contribution in [0.3, 0.4) is 0 Å². The normalized spacial score (nSPS) is 21.3. The van der Waals surface area contributed by atoms with Crippen molar-refractivity contribution in [2.24, 2.45) is 0 Å². The molecule has 2 bridgehead atoms. The topological polar surface area (TPSA) is 115 Å². The second-order valence-corrected chi connectivity index (χ2v) is 12.1. The third kappa shape index (κ3) is 5.75. The Kier molecular flexibility index (Phi) is 7.47. The summed E-state index contributed by atoms with van der Waals surface area (Å²) in [4.78, 5) is 39.9. The summed E-state index contributed by atoms with van der Waals surface area (Å²) in [5.41, 5.74) is 3.40. The molecule has 4 N–H and O–H groups in total. The van der Waals surface area contributed by atoms with E-state index >= 15 is 0 Å². The van der Waals surface area contributed by atoms with Gasteiger partial charge in [-0.3, -0.25) is 9.59 Å². The number of aromatic amines is 1. The molecule has 3 aliphatic carbocycles. The molecule has 10 heteroatoms. The van der Waals surface area contributed by atoms with E-state index in [0.29, 0.717) is 34.5 Å². The van der Waals surface area contributed by atoms with E-state index < -0.39 is 0 Å². The largest absolute Gasteiger partial charge is 0.360 e. The zero-order valence-corrected chi connectivity index (χ0v) is 24.5. The number of carbonyl (C=O) groups is 2. The summed E-state index contributed by atoms with van der Waals surface area (Å²) in [6, 6.07) is 15.0. The molecule has 0 saturated heterocycles. The van der Waals surface area contributed by atoms with Crippen LogP contribution in [0, 0.1) is 0 Å². The molecule has 0 spiro atoms. The number of carbonyl (C=O) groups excluding carboxylic acids is 2. The van der Waals surface area contributed by atoms with Crippen molar-refractivity contribution in [3.8, 4) is 11.3 Å². The van der Waals surface area contributed by atoms with Gasteiger partial charge in [0.05, 0.1) is 16.9 Å². The zero-order valence-electron chi connectivity index (χ0n) is 23.7. The lowest BCUT2D eigenvalue weighted by molar-refractivity contribution is -0.111. The smallest absolute Gasteiger partial charge is 0.251 e. The summed E-state index contributed by atoms with van der Waals surface area (Å²) in [5, 5.41) is 11.3. The Labute approximate surface area is 249 Å². The summed E-state index contributed by atoms with van der Waals surface area (Å²) in [7, 11) is 3.88. The van der Waals surface area contributed by atoms with Crippen molar-refractivity contribution in [3.05, 3.63) is 83.7 Å². The van der Waals surface area contributed by atoms with Gasteiger partial charge in [0.25, 0.3) is 5.91 Å². The molecule has 4 aromatic rings. The van der Waals surface area contributed by atoms with Gasteiger partial charge in [-0.05, 0) is 76.5 Å². The van der Waals surface area contributed by atoms with Crippen LogP contribution in [0.15, 0.2) is 73.1 Å². The van der Waals surface area contributed by atoms with E-state index in [9.17, 15) is 9.59 Å². The van der Waals surface area contributed by atoms with E-state index in [4.69, 9.17) is 16.6 Å². The number of nitrogens with zero attached hydrogens (tertiary/aromatic N) is 3. The number of hydrogen-bond donors (Lipinski definition) is 4. The fraction of sp³-hybridized carbons (Fsp3) is 0.312. The number of rotatable bonds is 9. The van der Waals surface area contributed by atoms with Crippen molar-refractivity contribution in [3.63, 3.8) is 0 Å². The molecule has 7 rings (SSSR count). The van der Waals surface area contributed by atoms with Crippen LogP contribution in [0.2, 0.25) is 5.02 Å². The molecular formula is C32H34ClN7O2. The molecular weight excluding hydrogens is 550 g/mol. The number of anilines is 2. The van der Waals surface area contributed by atoms with Crippen molar-refractivity contribution >= 4 is 46.0 Å². The first-order valence-electron chi connectivity index (χ1n) is 14.2. The standard InChI is InChI=1S/C32H34ClN7O2/c1-40(2)16-5-9-27(41)36-22-12-10-21(11-13-22)29(42)38-31-14-6-15-32(19-31,20-31)39-30-35-18-25(33)28(37-30)24-17-34-26-8-4-3-7-23(24)26/h3-5,7-13,17-18,34H,6,14-16,19-20H2,1-2H3,(H,36,41)(H,38,42)(H,35,37,39)/b9-5+. The van der Waals surface area contributed by atoms with Gasteiger partial charge >= 0.3 is 0 Å². The van der Waals surface area contributed by atoms with Gasteiger partial charge in [0.1, 0.15) is 0 Å². The number of likely N-dealkylation sites (N-methyl/N-ethyl adjacent to an activating group) is 1. The molecule has 3 fully saturated rings. The Morgan fingerprint density at radius 2 is 1.83 bits per heavy atom. The Hall–Kier alpha value is -4.21. The molecule has 2 aromatic carbocycles. The van der Waals surface area contributed by atoms with E-state index in [-0.39, 0.29) is 22.9 Å². The number of hydrogen-bond acceptors (Lipinski definition) is 6. The number of H-pyrrole nitrogens is 1. The Bertz CT molecular complexity index is 1660. The molecule has 0 atom stereocenters. The van der Waals surface area contributed by atoms with Crippen LogP contribution in [-0.4, -0.2) is 63.4 Å². The van der Waals surface area contributed by atoms with E-state index in [0.717, 1.165) is 48.6 Å². The molecule has 2 heterocycles. The minimum atomic E-state index is -0.265. The van der Waals surface area contributed by atoms with Gasteiger partial charge in [-0.25, -0.2) is 9.97 Å². The highest BCUT2D eigenvalue weighted by molar-refractivity contribution is 6.33. The highest BCUT2D eigenvalue weighted by atomic mass is 35.5. The maximum Gasteiger partial charge on any atom is 0.251 e. The van der Waals surface area contributed by atoms with Gasteiger partial charge in [-0.15, -0.1) is 0 Å². The lowest BCUT2D eigenvalue weighted by Crippen LogP contribution is -2.70. The second-order valence-electron chi connectivity index (χ2n) is 11.7. The molecule has 0 aliphatic heterocycles. The summed E-state index contributed by atoms with van der Waals surface area (Å²) < 4.78 is 0. The van der Waals surface area contributed by atoms with Crippen molar-refractivity contribution in [2.45, 2.75) is 43.2 Å². The number of para-hydroxylation sites is 1. The second kappa shape index (κ2) is 11.2. The molecule has 9 nitrogen and oxygen atoms in total. The van der Waals surface area contributed by atoms with Gasteiger partial charge in [0.15, 0.2) is 0 Å². The fourth-order valence-corrected chi connectivity index (χ4v) is 6.55. The number of benzene rings is 2. The molecule has 216 valence electrons. The number of fused-ring (bicyclic) bond motifs is 3.